The predicted octanol–water partition coefficient (Wildman–Crippen LogP) is 17.5. The summed E-state index contributed by atoms with van der Waals surface area (Å²) in [7, 11) is 0. The third-order valence-corrected chi connectivity index (χ3v) is 14.0. The van der Waals surface area contributed by atoms with E-state index in [1.54, 1.807) is 0 Å². The van der Waals surface area contributed by atoms with Crippen molar-refractivity contribution in [2.45, 2.75) is 0 Å². The van der Waals surface area contributed by atoms with E-state index in [1.807, 2.05) is 23.5 Å². The van der Waals surface area contributed by atoms with E-state index in [0.29, 0.717) is 0 Å². The van der Waals surface area contributed by atoms with Crippen LogP contribution in [0, 0.1) is 0 Å². The van der Waals surface area contributed by atoms with E-state index in [9.17, 15) is 0 Å². The van der Waals surface area contributed by atoms with Crippen LogP contribution in [0.15, 0.2) is 235 Å². The van der Waals surface area contributed by atoms with Gasteiger partial charge in [0.1, 0.15) is 11.2 Å². The molecule has 0 N–H and O–H groups in total. The molecule has 3 aromatic heterocycles. The average molecular weight is 835 g/mol. The summed E-state index contributed by atoms with van der Waals surface area (Å²) in [6.07, 6.45) is 0. The van der Waals surface area contributed by atoms with Crippen molar-refractivity contribution in [2.75, 3.05) is 4.90 Å². The number of hydrogen-bond acceptors (Lipinski definition) is 3. The highest BCUT2D eigenvalue weighted by atomic mass is 32.1. The molecule has 0 bridgehead atoms. The number of aromatic nitrogens is 1. The van der Waals surface area contributed by atoms with Crippen molar-refractivity contribution in [1.82, 2.24) is 4.57 Å². The Bertz CT molecular complexity index is 3890. The number of fused-ring (bicyclic) bond motifs is 9. The zero-order valence-corrected chi connectivity index (χ0v) is 35.5. The zero-order chi connectivity index (χ0) is 42.1. The molecule has 0 unspecified atom stereocenters. The van der Waals surface area contributed by atoms with Crippen LogP contribution in [0.25, 0.3) is 103 Å². The second-order valence-electron chi connectivity index (χ2n) is 16.5. The molecule has 0 saturated carbocycles. The van der Waals surface area contributed by atoms with Gasteiger partial charge in [-0.25, -0.2) is 0 Å². The normalized spacial score (nSPS) is 11.8. The Morgan fingerprint density at radius 3 is 1.81 bits per heavy atom. The number of para-hydroxylation sites is 4. The molecule has 3 nitrogen and oxygen atoms in total. The molecule has 0 amide bonds. The number of hydrogen-bond donors (Lipinski definition) is 0. The summed E-state index contributed by atoms with van der Waals surface area (Å²) in [6.45, 7) is 0. The largest absolute Gasteiger partial charge is 0.455 e. The molecular formula is C60H38N2OS. The van der Waals surface area contributed by atoms with Gasteiger partial charge in [-0.2, -0.15) is 0 Å². The maximum Gasteiger partial charge on any atom is 0.143 e. The van der Waals surface area contributed by atoms with E-state index in [-0.39, 0.29) is 0 Å². The van der Waals surface area contributed by atoms with Crippen LogP contribution in [0.1, 0.15) is 0 Å². The molecule has 0 aliphatic carbocycles. The molecular weight excluding hydrogens is 797 g/mol. The fourth-order valence-electron chi connectivity index (χ4n) is 9.81. The first kappa shape index (κ1) is 36.5. The molecule has 0 aliphatic heterocycles. The van der Waals surface area contributed by atoms with Crippen molar-refractivity contribution in [3.05, 3.63) is 231 Å². The van der Waals surface area contributed by atoms with Gasteiger partial charge in [-0.15, -0.1) is 11.3 Å². The Hall–Kier alpha value is -8.18. The summed E-state index contributed by atoms with van der Waals surface area (Å²) in [5, 5.41) is 7.36. The number of nitrogens with zero attached hydrogens (tertiary/aromatic N) is 2. The highest BCUT2D eigenvalue weighted by molar-refractivity contribution is 7.26. The van der Waals surface area contributed by atoms with Crippen LogP contribution in [0.3, 0.4) is 0 Å². The Kier molecular flexibility index (Phi) is 8.40. The van der Waals surface area contributed by atoms with Crippen LogP contribution in [0.5, 0.6) is 0 Å². The monoisotopic (exact) mass is 834 g/mol. The van der Waals surface area contributed by atoms with Gasteiger partial charge in [-0.1, -0.05) is 152 Å². The highest BCUT2D eigenvalue weighted by Gasteiger charge is 2.19. The van der Waals surface area contributed by atoms with E-state index in [1.165, 1.54) is 64.2 Å². The van der Waals surface area contributed by atoms with Crippen LogP contribution in [0.2, 0.25) is 0 Å². The summed E-state index contributed by atoms with van der Waals surface area (Å²) >= 11 is 1.87. The first-order valence-electron chi connectivity index (χ1n) is 21.7. The van der Waals surface area contributed by atoms with Crippen molar-refractivity contribution in [2.24, 2.45) is 0 Å². The predicted molar refractivity (Wildman–Crippen MR) is 272 cm³/mol. The smallest absolute Gasteiger partial charge is 0.143 e. The lowest BCUT2D eigenvalue weighted by molar-refractivity contribution is 0.670. The van der Waals surface area contributed by atoms with E-state index >= 15 is 0 Å². The van der Waals surface area contributed by atoms with Crippen molar-refractivity contribution in [3.8, 4) is 39.1 Å². The standard InChI is InChI=1S/C60H38N2OS/c1-2-14-43(15-3-1)62-55-24-7-4-17-49(55)54-38-41(31-36-56(54)62)39-27-32-44(33-28-39)61(45-34-29-40(30-35-45)47-20-11-22-52-50-18-5-8-25-57(50)63-59(47)52)46-16-10-13-42(37-46)48-21-12-23-53-51-19-6-9-26-58(51)64-60(48)53/h1-38H. The average Bonchev–Trinajstić information content (AvgIpc) is 4.05. The lowest BCUT2D eigenvalue weighted by atomic mass is 10.00. The molecule has 13 aromatic rings. The van der Waals surface area contributed by atoms with Gasteiger partial charge >= 0.3 is 0 Å². The van der Waals surface area contributed by atoms with Crippen LogP contribution in [-0.4, -0.2) is 4.57 Å². The second-order valence-corrected chi connectivity index (χ2v) is 17.5. The Morgan fingerprint density at radius 2 is 0.984 bits per heavy atom. The van der Waals surface area contributed by atoms with Gasteiger partial charge in [-0.3, -0.25) is 0 Å². The number of thiophene rings is 1. The Morgan fingerprint density at radius 1 is 0.359 bits per heavy atom. The molecule has 0 spiro atoms. The first-order valence-corrected chi connectivity index (χ1v) is 22.6. The van der Waals surface area contributed by atoms with Crippen molar-refractivity contribution in [1.29, 1.82) is 0 Å². The van der Waals surface area contributed by atoms with Crippen LogP contribution in [-0.2, 0) is 0 Å². The van der Waals surface area contributed by atoms with Gasteiger partial charge in [-0.05, 0) is 107 Å². The van der Waals surface area contributed by atoms with Gasteiger partial charge in [0.2, 0.25) is 0 Å². The van der Waals surface area contributed by atoms with Gasteiger partial charge in [0, 0.05) is 70.0 Å². The molecule has 0 aliphatic rings. The summed E-state index contributed by atoms with van der Waals surface area (Å²) in [5.41, 5.74) is 15.6. The zero-order valence-electron chi connectivity index (χ0n) is 34.7. The maximum absolute atomic E-state index is 6.46. The molecule has 4 heteroatoms. The summed E-state index contributed by atoms with van der Waals surface area (Å²) in [4.78, 5) is 2.38. The molecule has 0 atom stereocenters. The van der Waals surface area contributed by atoms with Gasteiger partial charge in [0.15, 0.2) is 0 Å². The van der Waals surface area contributed by atoms with Crippen LogP contribution >= 0.6 is 11.3 Å². The molecule has 3 heterocycles. The third-order valence-electron chi connectivity index (χ3n) is 12.8. The fourth-order valence-corrected chi connectivity index (χ4v) is 11.0. The van der Waals surface area contributed by atoms with Gasteiger partial charge in [0.25, 0.3) is 0 Å². The summed E-state index contributed by atoms with van der Waals surface area (Å²) in [5.74, 6) is 0. The quantitative estimate of drug-likeness (QED) is 0.159. The SMILES string of the molecule is c1ccc(-n2c3ccccc3c3cc(-c4ccc(N(c5ccc(-c6cccc7c6oc6ccccc67)cc5)c5cccc(-c6cccc7c6sc6ccccc67)c5)cc4)ccc32)cc1. The Balaban J connectivity index is 0.924. The highest BCUT2D eigenvalue weighted by Crippen LogP contribution is 2.44. The lowest BCUT2D eigenvalue weighted by Crippen LogP contribution is -2.10. The lowest BCUT2D eigenvalue weighted by Gasteiger charge is -2.26. The minimum Gasteiger partial charge on any atom is -0.455 e. The van der Waals surface area contributed by atoms with Crippen molar-refractivity contribution < 1.29 is 4.42 Å². The first-order chi connectivity index (χ1) is 31.7. The number of rotatable bonds is 7. The molecule has 64 heavy (non-hydrogen) atoms. The molecule has 300 valence electrons. The van der Waals surface area contributed by atoms with Crippen LogP contribution < -0.4 is 4.90 Å². The maximum atomic E-state index is 6.46. The van der Waals surface area contributed by atoms with Crippen molar-refractivity contribution >= 4 is 92.3 Å². The van der Waals surface area contributed by atoms with Crippen LogP contribution in [0.4, 0.5) is 17.1 Å². The van der Waals surface area contributed by atoms with Gasteiger partial charge in [0.05, 0.1) is 11.0 Å². The van der Waals surface area contributed by atoms with E-state index < -0.39 is 0 Å². The number of anilines is 3. The molecule has 13 rings (SSSR count). The topological polar surface area (TPSA) is 21.3 Å². The van der Waals surface area contributed by atoms with E-state index in [0.717, 1.165) is 55.8 Å². The summed E-state index contributed by atoms with van der Waals surface area (Å²) in [6, 6.07) is 83.3. The number of furan rings is 1. The molecule has 10 aromatic carbocycles. The van der Waals surface area contributed by atoms with Gasteiger partial charge < -0.3 is 13.9 Å². The minimum absolute atomic E-state index is 0.904. The minimum atomic E-state index is 0.904. The Labute approximate surface area is 373 Å². The molecule has 0 fully saturated rings. The van der Waals surface area contributed by atoms with E-state index in [4.69, 9.17) is 4.42 Å². The van der Waals surface area contributed by atoms with E-state index in [2.05, 4.69) is 228 Å². The number of benzene rings is 10. The second kappa shape index (κ2) is 14.7. The molecule has 0 saturated heterocycles. The van der Waals surface area contributed by atoms with Crippen molar-refractivity contribution in [3.63, 3.8) is 0 Å². The third kappa shape index (κ3) is 5.88. The molecule has 0 radical (unpaired) electrons. The fraction of sp³-hybridized carbons (Fsp3) is 0. The summed E-state index contributed by atoms with van der Waals surface area (Å²) < 4.78 is 11.4.